The molecule has 1 fully saturated rings. The van der Waals surface area contributed by atoms with Crippen molar-refractivity contribution in [2.24, 2.45) is 28.5 Å². The van der Waals surface area contributed by atoms with Crippen LogP contribution in [-0.4, -0.2) is 113 Å². The van der Waals surface area contributed by atoms with Crippen molar-refractivity contribution < 1.29 is 57.3 Å². The van der Waals surface area contributed by atoms with Crippen molar-refractivity contribution in [2.75, 3.05) is 31.8 Å². The van der Waals surface area contributed by atoms with E-state index in [1.165, 1.54) is 37.3 Å². The Bertz CT molecular complexity index is 1470. The highest BCUT2D eigenvalue weighted by Crippen LogP contribution is 2.38. The number of nitrogen functional groups attached to an aromatic ring is 1. The van der Waals surface area contributed by atoms with E-state index in [-0.39, 0.29) is 39.8 Å². The maximum atomic E-state index is 13.1. The van der Waals surface area contributed by atoms with E-state index in [2.05, 4.69) is 15.5 Å². The monoisotopic (exact) mass is 743 g/mol. The first kappa shape index (κ1) is 40.0. The highest BCUT2D eigenvalue weighted by Gasteiger charge is 2.53. The van der Waals surface area contributed by atoms with Crippen molar-refractivity contribution >= 4 is 69.8 Å². The number of carbonyl (C=O) groups excluding carboxylic acids is 6. The summed E-state index contributed by atoms with van der Waals surface area (Å²) < 4.78 is 25.7. The fraction of sp³-hybridized carbons (Fsp3) is 0.586. The van der Waals surface area contributed by atoms with Crippen molar-refractivity contribution in [3.05, 3.63) is 22.8 Å². The number of fused-ring (bicyclic) bond motifs is 1. The fourth-order valence-corrected chi connectivity index (χ4v) is 5.91. The fourth-order valence-electron chi connectivity index (χ4n) is 4.17. The van der Waals surface area contributed by atoms with Crippen LogP contribution in [0.25, 0.3) is 0 Å². The van der Waals surface area contributed by atoms with E-state index in [9.17, 15) is 28.8 Å². The van der Waals surface area contributed by atoms with E-state index in [4.69, 9.17) is 45.7 Å². The third kappa shape index (κ3) is 10.3. The Kier molecular flexibility index (Phi) is 14.4. The van der Waals surface area contributed by atoms with Crippen LogP contribution in [0.3, 0.4) is 0 Å². The Morgan fingerprint density at radius 2 is 1.60 bits per heavy atom. The van der Waals surface area contributed by atoms with Crippen molar-refractivity contribution in [1.82, 2.24) is 15.2 Å². The number of anilines is 1. The summed E-state index contributed by atoms with van der Waals surface area (Å²) in [6, 6.07) is -2.93. The molecule has 0 saturated carbocycles. The average Bonchev–Trinajstić information content (AvgIpc) is 3.50. The summed E-state index contributed by atoms with van der Waals surface area (Å²) >= 11 is 2.36. The number of oxime groups is 1. The van der Waals surface area contributed by atoms with E-state index < -0.39 is 85.0 Å². The summed E-state index contributed by atoms with van der Waals surface area (Å²) in [6.45, 7) is 6.99. The number of nitrogens with one attached hydrogen (secondary N) is 1. The van der Waals surface area contributed by atoms with Crippen molar-refractivity contribution in [3.63, 3.8) is 0 Å². The highest BCUT2D eigenvalue weighted by molar-refractivity contribution is 8.00. The Balaban J connectivity index is 1.57. The van der Waals surface area contributed by atoms with Gasteiger partial charge in [0.1, 0.15) is 55.2 Å². The molecule has 1 aromatic heterocycles. The molecular formula is C29H41N7O12S2. The SMILES string of the molecule is CO/N=C(\C(=O)N[C@@H]1C(=O)N2C(C(=O)OC(C)OC(=O)OC(COC(=O)[C@@H](N)C(C)C)COC(=O)[C@@H](N)C(C)C)=CCS[C@H]12)c1csc(N)n1. The van der Waals surface area contributed by atoms with Gasteiger partial charge in [0.05, 0.1) is 0 Å². The van der Waals surface area contributed by atoms with Gasteiger partial charge in [-0.2, -0.15) is 0 Å². The number of hydrogen-bond donors (Lipinski definition) is 4. The lowest BCUT2D eigenvalue weighted by atomic mass is 10.0. The summed E-state index contributed by atoms with van der Waals surface area (Å²) in [5.74, 6) is -4.12. The van der Waals surface area contributed by atoms with Crippen LogP contribution in [-0.2, 0) is 52.5 Å². The molecular weight excluding hydrogens is 702 g/mol. The quantitative estimate of drug-likeness (QED) is 0.0427. The summed E-state index contributed by atoms with van der Waals surface area (Å²) in [6.07, 6.45) is -2.76. The molecule has 276 valence electrons. The number of thiazole rings is 1. The average molecular weight is 744 g/mol. The van der Waals surface area contributed by atoms with Gasteiger partial charge in [-0.3, -0.25) is 24.1 Å². The van der Waals surface area contributed by atoms with Gasteiger partial charge in [-0.15, -0.1) is 23.1 Å². The number of esters is 3. The molecule has 50 heavy (non-hydrogen) atoms. The summed E-state index contributed by atoms with van der Waals surface area (Å²) in [7, 11) is 1.24. The van der Waals surface area contributed by atoms with Crippen molar-refractivity contribution in [3.8, 4) is 0 Å². The van der Waals surface area contributed by atoms with Gasteiger partial charge in [0.25, 0.3) is 11.8 Å². The number of hydrogen-bond acceptors (Lipinski definition) is 19. The van der Waals surface area contributed by atoms with Crippen molar-refractivity contribution in [1.29, 1.82) is 0 Å². The van der Waals surface area contributed by atoms with Crippen LogP contribution in [0.2, 0.25) is 0 Å². The molecule has 3 rings (SSSR count). The molecule has 2 aliphatic heterocycles. The summed E-state index contributed by atoms with van der Waals surface area (Å²) in [5, 5.41) is 7.32. The molecule has 0 spiro atoms. The van der Waals surface area contributed by atoms with Gasteiger partial charge in [0.2, 0.25) is 6.29 Å². The minimum Gasteiger partial charge on any atom is -0.460 e. The predicted octanol–water partition coefficient (Wildman–Crippen LogP) is -0.176. The maximum absolute atomic E-state index is 13.1. The van der Waals surface area contributed by atoms with Gasteiger partial charge in [-0.25, -0.2) is 14.6 Å². The second-order valence-corrected chi connectivity index (χ2v) is 13.6. The second kappa shape index (κ2) is 18.0. The van der Waals surface area contributed by atoms with Crippen LogP contribution >= 0.6 is 23.1 Å². The minimum atomic E-state index is -1.52. The Morgan fingerprint density at radius 1 is 1.00 bits per heavy atom. The van der Waals surface area contributed by atoms with Gasteiger partial charge < -0.3 is 51.0 Å². The first-order chi connectivity index (χ1) is 23.5. The summed E-state index contributed by atoms with van der Waals surface area (Å²) in [4.78, 5) is 86.1. The molecule has 0 bridgehead atoms. The normalized spacial score (nSPS) is 19.0. The standard InChI is InChI=1S/C29H41N7O12S2/c1-12(2)18(30)26(40)44-9-15(10-45-27(41)19(31)13(3)4)48-29(42)47-14(5)46-25(39)17-7-8-49-24-21(23(38)36(17)24)34-22(37)20(35-43-6)16-11-50-28(32)33-16/h7,11-15,18-19,21,24H,8-10,30-31H2,1-6H3,(H2,32,33)(H,34,37)/b35-20-/t14?,18-,19-,21+,24+/m0/s1. The van der Waals surface area contributed by atoms with E-state index in [0.717, 1.165) is 16.2 Å². The van der Waals surface area contributed by atoms with Crippen LogP contribution in [0.4, 0.5) is 9.93 Å². The predicted molar refractivity (Wildman–Crippen MR) is 178 cm³/mol. The Morgan fingerprint density at radius 3 is 2.12 bits per heavy atom. The van der Waals surface area contributed by atoms with E-state index in [0.29, 0.717) is 0 Å². The number of β-lactam (4-membered cyclic amide) rings is 1. The first-order valence-electron chi connectivity index (χ1n) is 15.3. The zero-order chi connectivity index (χ0) is 37.3. The van der Waals surface area contributed by atoms with Gasteiger partial charge in [-0.1, -0.05) is 32.9 Å². The molecule has 2 aliphatic rings. The number of ether oxygens (including phenoxy) is 5. The number of nitrogens with two attached hydrogens (primary N) is 3. The number of rotatable bonds is 16. The lowest BCUT2D eigenvalue weighted by Crippen LogP contribution is -2.70. The Labute approximate surface area is 295 Å². The van der Waals surface area contributed by atoms with Gasteiger partial charge >= 0.3 is 24.1 Å². The number of carbonyl (C=O) groups is 6. The summed E-state index contributed by atoms with van der Waals surface area (Å²) in [5.41, 5.74) is 17.1. The highest BCUT2D eigenvalue weighted by atomic mass is 32.2. The third-order valence-corrected chi connectivity index (χ3v) is 8.96. The zero-order valence-electron chi connectivity index (χ0n) is 28.2. The molecule has 19 nitrogen and oxygen atoms in total. The molecule has 2 amide bonds. The smallest absolute Gasteiger partial charge is 0.460 e. The zero-order valence-corrected chi connectivity index (χ0v) is 29.8. The van der Waals surface area contributed by atoms with Gasteiger partial charge in [-0.05, 0) is 17.9 Å². The van der Waals surface area contributed by atoms with Crippen LogP contribution < -0.4 is 22.5 Å². The molecule has 0 aliphatic carbocycles. The van der Waals surface area contributed by atoms with Crippen LogP contribution in [0, 0.1) is 11.8 Å². The Hall–Kier alpha value is -4.47. The van der Waals surface area contributed by atoms with E-state index in [1.807, 2.05) is 0 Å². The van der Waals surface area contributed by atoms with Crippen molar-refractivity contribution in [2.45, 2.75) is 70.5 Å². The topological polar surface area (TPSA) is 276 Å². The number of thioether (sulfide) groups is 1. The van der Waals surface area contributed by atoms with Gasteiger partial charge in [0, 0.05) is 18.1 Å². The first-order valence-corrected chi connectivity index (χ1v) is 17.2. The largest absolute Gasteiger partial charge is 0.511 e. The van der Waals surface area contributed by atoms with Crippen LogP contribution in [0.5, 0.6) is 0 Å². The molecule has 1 aromatic rings. The second-order valence-electron chi connectivity index (χ2n) is 11.5. The van der Waals surface area contributed by atoms with Gasteiger partial charge in [0.15, 0.2) is 16.9 Å². The number of nitrogens with zero attached hydrogens (tertiary/aromatic N) is 3. The molecule has 0 radical (unpaired) electrons. The third-order valence-electron chi connectivity index (χ3n) is 7.11. The minimum absolute atomic E-state index is 0.134. The molecule has 7 N–H and O–H groups in total. The van der Waals surface area contributed by atoms with E-state index in [1.54, 1.807) is 27.7 Å². The van der Waals surface area contributed by atoms with E-state index >= 15 is 0 Å². The molecule has 1 saturated heterocycles. The lowest BCUT2D eigenvalue weighted by Gasteiger charge is -2.48. The molecule has 1 unspecified atom stereocenters. The molecule has 3 heterocycles. The molecule has 5 atom stereocenters. The maximum Gasteiger partial charge on any atom is 0.511 e. The number of amides is 2. The molecule has 0 aromatic carbocycles. The number of aromatic nitrogens is 1. The van der Waals surface area contributed by atoms with Crippen LogP contribution in [0.1, 0.15) is 40.3 Å². The van der Waals surface area contributed by atoms with Crippen LogP contribution in [0.15, 0.2) is 22.3 Å². The molecule has 21 heteroatoms. The lowest BCUT2D eigenvalue weighted by molar-refractivity contribution is -0.173.